The van der Waals surface area contributed by atoms with E-state index in [0.29, 0.717) is 12.3 Å². The number of phenolic OH excluding ortho intramolecular Hbond substituents is 1. The maximum absolute atomic E-state index is 9.71. The highest BCUT2D eigenvalue weighted by Gasteiger charge is 2.00. The number of hydrogen-bond donors (Lipinski definition) is 2. The molecule has 1 aromatic heterocycles. The normalized spacial score (nSPS) is 10.7. The molecule has 2 aromatic rings. The molecule has 0 aliphatic heterocycles. The summed E-state index contributed by atoms with van der Waals surface area (Å²) in [6.07, 6.45) is 4.41. The van der Waals surface area contributed by atoms with Crippen LogP contribution in [-0.4, -0.2) is 26.4 Å². The summed E-state index contributed by atoms with van der Waals surface area (Å²) in [6.45, 7) is 2.45. The lowest BCUT2D eigenvalue weighted by atomic mass is 10.2. The summed E-state index contributed by atoms with van der Waals surface area (Å²) < 4.78 is 2.83. The number of halogens is 1. The van der Waals surface area contributed by atoms with Gasteiger partial charge in [0.25, 0.3) is 0 Å². The van der Waals surface area contributed by atoms with Gasteiger partial charge in [-0.1, -0.05) is 22.0 Å². The highest BCUT2D eigenvalue weighted by molar-refractivity contribution is 9.10. The van der Waals surface area contributed by atoms with E-state index in [1.807, 2.05) is 16.7 Å². The lowest BCUT2D eigenvalue weighted by Gasteiger charge is -2.07. The SMILES string of the molecule is Oc1cc(Br)ccc1CNCCCn1cnnc1. The molecule has 0 atom stereocenters. The van der Waals surface area contributed by atoms with Gasteiger partial charge in [0.05, 0.1) is 0 Å². The Bertz CT molecular complexity index is 487. The summed E-state index contributed by atoms with van der Waals surface area (Å²) in [5.41, 5.74) is 0.905. The summed E-state index contributed by atoms with van der Waals surface area (Å²) in [6, 6.07) is 5.54. The van der Waals surface area contributed by atoms with Gasteiger partial charge in [-0.05, 0) is 25.1 Å². The molecule has 2 rings (SSSR count). The molecule has 6 heteroatoms. The Morgan fingerprint density at radius 3 is 2.78 bits per heavy atom. The molecule has 0 aliphatic carbocycles. The minimum atomic E-state index is 0.315. The van der Waals surface area contributed by atoms with Gasteiger partial charge in [0.15, 0.2) is 0 Å². The Morgan fingerprint density at radius 1 is 1.28 bits per heavy atom. The lowest BCUT2D eigenvalue weighted by Crippen LogP contribution is -2.16. The van der Waals surface area contributed by atoms with Gasteiger partial charge in [-0.3, -0.25) is 0 Å². The second-order valence-electron chi connectivity index (χ2n) is 4.00. The number of nitrogens with one attached hydrogen (secondary N) is 1. The summed E-state index contributed by atoms with van der Waals surface area (Å²) in [5.74, 6) is 0.315. The Balaban J connectivity index is 1.69. The van der Waals surface area contributed by atoms with Crippen molar-refractivity contribution in [2.24, 2.45) is 0 Å². The van der Waals surface area contributed by atoms with Crippen LogP contribution in [0.1, 0.15) is 12.0 Å². The van der Waals surface area contributed by atoms with E-state index in [9.17, 15) is 5.11 Å². The van der Waals surface area contributed by atoms with Crippen molar-refractivity contribution in [3.63, 3.8) is 0 Å². The fourth-order valence-electron chi connectivity index (χ4n) is 1.63. The molecule has 2 N–H and O–H groups in total. The van der Waals surface area contributed by atoms with Crippen LogP contribution in [0.2, 0.25) is 0 Å². The van der Waals surface area contributed by atoms with Gasteiger partial charge in [0, 0.05) is 23.1 Å². The zero-order valence-electron chi connectivity index (χ0n) is 9.88. The van der Waals surface area contributed by atoms with E-state index in [4.69, 9.17) is 0 Å². The largest absolute Gasteiger partial charge is 0.508 e. The van der Waals surface area contributed by atoms with Crippen LogP contribution < -0.4 is 5.32 Å². The summed E-state index contributed by atoms with van der Waals surface area (Å²) in [4.78, 5) is 0. The Kier molecular flexibility index (Phi) is 4.72. The van der Waals surface area contributed by atoms with E-state index in [1.54, 1.807) is 18.7 Å². The minimum absolute atomic E-state index is 0.315. The fraction of sp³-hybridized carbons (Fsp3) is 0.333. The average Bonchev–Trinajstić information content (AvgIpc) is 2.84. The van der Waals surface area contributed by atoms with E-state index in [2.05, 4.69) is 31.4 Å². The third kappa shape index (κ3) is 3.82. The fourth-order valence-corrected chi connectivity index (χ4v) is 1.98. The molecule has 0 saturated carbocycles. The van der Waals surface area contributed by atoms with Crippen molar-refractivity contribution in [3.05, 3.63) is 40.9 Å². The zero-order chi connectivity index (χ0) is 12.8. The number of benzene rings is 1. The topological polar surface area (TPSA) is 63.0 Å². The van der Waals surface area contributed by atoms with E-state index >= 15 is 0 Å². The first-order chi connectivity index (χ1) is 8.75. The first-order valence-corrected chi connectivity index (χ1v) is 6.55. The zero-order valence-corrected chi connectivity index (χ0v) is 11.5. The number of aromatic nitrogens is 3. The lowest BCUT2D eigenvalue weighted by molar-refractivity contribution is 0.463. The van der Waals surface area contributed by atoms with Crippen molar-refractivity contribution in [1.29, 1.82) is 0 Å². The summed E-state index contributed by atoms with van der Waals surface area (Å²) >= 11 is 3.32. The van der Waals surface area contributed by atoms with Crippen LogP contribution in [-0.2, 0) is 13.1 Å². The molecule has 0 saturated heterocycles. The molecule has 0 bridgehead atoms. The molecule has 1 heterocycles. The van der Waals surface area contributed by atoms with Crippen LogP contribution in [0.15, 0.2) is 35.3 Å². The molecule has 0 aliphatic rings. The number of nitrogens with zero attached hydrogens (tertiary/aromatic N) is 3. The third-order valence-electron chi connectivity index (χ3n) is 2.60. The molecule has 0 radical (unpaired) electrons. The highest BCUT2D eigenvalue weighted by atomic mass is 79.9. The number of aromatic hydroxyl groups is 1. The van der Waals surface area contributed by atoms with Gasteiger partial charge in [-0.25, -0.2) is 0 Å². The number of aryl methyl sites for hydroxylation is 1. The van der Waals surface area contributed by atoms with Gasteiger partial charge in [-0.15, -0.1) is 10.2 Å². The van der Waals surface area contributed by atoms with Crippen LogP contribution in [0.3, 0.4) is 0 Å². The van der Waals surface area contributed by atoms with Crippen molar-refractivity contribution in [3.8, 4) is 5.75 Å². The molecule has 5 nitrogen and oxygen atoms in total. The Hall–Kier alpha value is -1.40. The predicted octanol–water partition coefficient (Wildman–Crippen LogP) is 1.93. The first-order valence-electron chi connectivity index (χ1n) is 5.76. The monoisotopic (exact) mass is 310 g/mol. The predicted molar refractivity (Wildman–Crippen MR) is 72.2 cm³/mol. The average molecular weight is 311 g/mol. The minimum Gasteiger partial charge on any atom is -0.508 e. The van der Waals surface area contributed by atoms with Gasteiger partial charge in [-0.2, -0.15) is 0 Å². The first kappa shape index (κ1) is 13.0. The van der Waals surface area contributed by atoms with Crippen LogP contribution in [0.25, 0.3) is 0 Å². The van der Waals surface area contributed by atoms with E-state index < -0.39 is 0 Å². The van der Waals surface area contributed by atoms with Crippen LogP contribution in [0.5, 0.6) is 5.75 Å². The van der Waals surface area contributed by atoms with Crippen LogP contribution in [0, 0.1) is 0 Å². The molecular weight excluding hydrogens is 296 g/mol. The van der Waals surface area contributed by atoms with Crippen molar-refractivity contribution < 1.29 is 5.11 Å². The molecule has 0 amide bonds. The summed E-state index contributed by atoms with van der Waals surface area (Å²) in [5, 5.41) is 20.5. The second-order valence-corrected chi connectivity index (χ2v) is 4.92. The van der Waals surface area contributed by atoms with Gasteiger partial charge < -0.3 is 15.0 Å². The molecule has 0 unspecified atom stereocenters. The van der Waals surface area contributed by atoms with E-state index in [0.717, 1.165) is 29.5 Å². The smallest absolute Gasteiger partial charge is 0.121 e. The quantitative estimate of drug-likeness (QED) is 0.800. The van der Waals surface area contributed by atoms with Crippen molar-refractivity contribution >= 4 is 15.9 Å². The molecule has 18 heavy (non-hydrogen) atoms. The maximum Gasteiger partial charge on any atom is 0.121 e. The van der Waals surface area contributed by atoms with Crippen molar-refractivity contribution in [2.75, 3.05) is 6.54 Å². The van der Waals surface area contributed by atoms with Gasteiger partial charge in [0.1, 0.15) is 18.4 Å². The molecular formula is C12H15BrN4O. The second kappa shape index (κ2) is 6.51. The number of rotatable bonds is 6. The molecule has 0 spiro atoms. The third-order valence-corrected chi connectivity index (χ3v) is 3.09. The van der Waals surface area contributed by atoms with Crippen LogP contribution in [0.4, 0.5) is 0 Å². The number of phenols is 1. The number of hydrogen-bond acceptors (Lipinski definition) is 4. The van der Waals surface area contributed by atoms with Crippen molar-refractivity contribution in [2.45, 2.75) is 19.5 Å². The van der Waals surface area contributed by atoms with Gasteiger partial charge in [0.2, 0.25) is 0 Å². The highest BCUT2D eigenvalue weighted by Crippen LogP contribution is 2.21. The summed E-state index contributed by atoms with van der Waals surface area (Å²) in [7, 11) is 0. The van der Waals surface area contributed by atoms with Crippen LogP contribution >= 0.6 is 15.9 Å². The Morgan fingerprint density at radius 2 is 2.06 bits per heavy atom. The molecule has 96 valence electrons. The maximum atomic E-state index is 9.71. The van der Waals surface area contributed by atoms with E-state index in [-0.39, 0.29) is 0 Å². The molecule has 1 aromatic carbocycles. The molecule has 0 fully saturated rings. The Labute approximate surface area is 114 Å². The van der Waals surface area contributed by atoms with Crippen molar-refractivity contribution in [1.82, 2.24) is 20.1 Å². The standard InChI is InChI=1S/C12H15BrN4O/c13-11-3-2-10(12(18)6-11)7-14-4-1-5-17-8-15-16-9-17/h2-3,6,8-9,14,18H,1,4-5,7H2. The van der Waals surface area contributed by atoms with Gasteiger partial charge >= 0.3 is 0 Å². The van der Waals surface area contributed by atoms with E-state index in [1.165, 1.54) is 0 Å².